The fraction of sp³-hybridized carbons (Fsp3) is 0.688. The SMILES string of the molecule is CCCCN(CCCC)c1ccc(CNC)c(C)n1. The number of aryl methyl sites for hydroxylation is 1. The Balaban J connectivity index is 2.79. The van der Waals surface area contributed by atoms with Crippen molar-refractivity contribution in [3.63, 3.8) is 0 Å². The van der Waals surface area contributed by atoms with Gasteiger partial charge in [0.1, 0.15) is 5.82 Å². The lowest BCUT2D eigenvalue weighted by Crippen LogP contribution is -2.27. The summed E-state index contributed by atoms with van der Waals surface area (Å²) in [5.41, 5.74) is 2.43. The largest absolute Gasteiger partial charge is 0.357 e. The molecule has 108 valence electrons. The first-order chi connectivity index (χ1) is 9.22. The molecule has 0 aliphatic rings. The predicted molar refractivity (Wildman–Crippen MR) is 83.8 cm³/mol. The van der Waals surface area contributed by atoms with Crippen molar-refractivity contribution in [1.82, 2.24) is 10.3 Å². The number of anilines is 1. The average molecular weight is 263 g/mol. The molecule has 3 nitrogen and oxygen atoms in total. The summed E-state index contributed by atoms with van der Waals surface area (Å²) in [7, 11) is 1.97. The van der Waals surface area contributed by atoms with Crippen molar-refractivity contribution >= 4 is 5.82 Å². The maximum absolute atomic E-state index is 4.78. The van der Waals surface area contributed by atoms with E-state index in [2.05, 4.69) is 43.1 Å². The van der Waals surface area contributed by atoms with Crippen LogP contribution in [0.5, 0.6) is 0 Å². The van der Waals surface area contributed by atoms with E-state index in [1.807, 2.05) is 7.05 Å². The zero-order chi connectivity index (χ0) is 14.1. The minimum atomic E-state index is 0.892. The van der Waals surface area contributed by atoms with Gasteiger partial charge in [-0.1, -0.05) is 32.8 Å². The van der Waals surface area contributed by atoms with Crippen LogP contribution in [0, 0.1) is 6.92 Å². The second kappa shape index (κ2) is 8.92. The van der Waals surface area contributed by atoms with E-state index in [1.54, 1.807) is 0 Å². The quantitative estimate of drug-likeness (QED) is 0.739. The molecule has 0 saturated carbocycles. The maximum atomic E-state index is 4.78. The first-order valence-electron chi connectivity index (χ1n) is 7.59. The summed E-state index contributed by atoms with van der Waals surface area (Å²) in [6, 6.07) is 4.38. The lowest BCUT2D eigenvalue weighted by atomic mass is 10.2. The van der Waals surface area contributed by atoms with Gasteiger partial charge in [-0.15, -0.1) is 0 Å². The monoisotopic (exact) mass is 263 g/mol. The van der Waals surface area contributed by atoms with Crippen LogP contribution in [0.2, 0.25) is 0 Å². The van der Waals surface area contributed by atoms with Gasteiger partial charge in [-0.05, 0) is 38.4 Å². The number of pyridine rings is 1. The summed E-state index contributed by atoms with van der Waals surface area (Å²) in [5, 5.41) is 3.19. The lowest BCUT2D eigenvalue weighted by molar-refractivity contribution is 0.669. The van der Waals surface area contributed by atoms with Crippen LogP contribution in [0.15, 0.2) is 12.1 Å². The fourth-order valence-corrected chi connectivity index (χ4v) is 2.17. The van der Waals surface area contributed by atoms with Gasteiger partial charge < -0.3 is 10.2 Å². The fourth-order valence-electron chi connectivity index (χ4n) is 2.17. The molecule has 0 radical (unpaired) electrons. The lowest BCUT2D eigenvalue weighted by Gasteiger charge is -2.24. The summed E-state index contributed by atoms with van der Waals surface area (Å²) < 4.78 is 0. The second-order valence-corrected chi connectivity index (χ2v) is 5.14. The average Bonchev–Trinajstić information content (AvgIpc) is 2.41. The molecular weight excluding hydrogens is 234 g/mol. The molecule has 0 saturated heterocycles. The molecule has 0 aliphatic carbocycles. The van der Waals surface area contributed by atoms with E-state index in [-0.39, 0.29) is 0 Å². The summed E-state index contributed by atoms with van der Waals surface area (Å²) in [6.45, 7) is 9.72. The minimum Gasteiger partial charge on any atom is -0.357 e. The van der Waals surface area contributed by atoms with Gasteiger partial charge in [-0.25, -0.2) is 4.98 Å². The molecule has 0 aliphatic heterocycles. The van der Waals surface area contributed by atoms with E-state index in [0.717, 1.165) is 31.1 Å². The van der Waals surface area contributed by atoms with Crippen LogP contribution in [0.25, 0.3) is 0 Å². The third-order valence-corrected chi connectivity index (χ3v) is 3.43. The Labute approximate surface area is 118 Å². The molecule has 0 atom stereocenters. The van der Waals surface area contributed by atoms with Crippen LogP contribution in [-0.4, -0.2) is 25.1 Å². The highest BCUT2D eigenvalue weighted by Crippen LogP contribution is 2.16. The van der Waals surface area contributed by atoms with Crippen molar-refractivity contribution in [1.29, 1.82) is 0 Å². The maximum Gasteiger partial charge on any atom is 0.128 e. The highest BCUT2D eigenvalue weighted by molar-refractivity contribution is 5.41. The topological polar surface area (TPSA) is 28.2 Å². The van der Waals surface area contributed by atoms with Crippen LogP contribution in [0.1, 0.15) is 50.8 Å². The number of aromatic nitrogens is 1. The van der Waals surface area contributed by atoms with Gasteiger partial charge in [0.05, 0.1) is 0 Å². The Morgan fingerprint density at radius 1 is 1.11 bits per heavy atom. The Morgan fingerprint density at radius 3 is 2.21 bits per heavy atom. The van der Waals surface area contributed by atoms with Gasteiger partial charge in [-0.3, -0.25) is 0 Å². The standard InChI is InChI=1S/C16H29N3/c1-5-7-11-19(12-8-6-2)16-10-9-15(13-17-4)14(3)18-16/h9-10,17H,5-8,11-13H2,1-4H3. The molecular formula is C16H29N3. The molecule has 0 bridgehead atoms. The highest BCUT2D eigenvalue weighted by Gasteiger charge is 2.08. The normalized spacial score (nSPS) is 10.7. The number of rotatable bonds is 9. The van der Waals surface area contributed by atoms with Gasteiger partial charge in [0.25, 0.3) is 0 Å². The molecule has 1 N–H and O–H groups in total. The van der Waals surface area contributed by atoms with Crippen molar-refractivity contribution in [3.05, 3.63) is 23.4 Å². The van der Waals surface area contributed by atoms with Crippen LogP contribution in [0.4, 0.5) is 5.82 Å². The molecule has 0 amide bonds. The summed E-state index contributed by atoms with van der Waals surface area (Å²) in [5.74, 6) is 1.14. The molecule has 0 fully saturated rings. The first kappa shape index (κ1) is 16.0. The number of hydrogen-bond acceptors (Lipinski definition) is 3. The molecule has 1 rings (SSSR count). The van der Waals surface area contributed by atoms with Crippen LogP contribution >= 0.6 is 0 Å². The smallest absolute Gasteiger partial charge is 0.128 e. The zero-order valence-electron chi connectivity index (χ0n) is 13.0. The van der Waals surface area contributed by atoms with Crippen molar-refractivity contribution in [2.45, 2.75) is 53.0 Å². The second-order valence-electron chi connectivity index (χ2n) is 5.14. The van der Waals surface area contributed by atoms with E-state index in [4.69, 9.17) is 4.98 Å². The Bertz CT molecular complexity index is 355. The van der Waals surface area contributed by atoms with Gasteiger partial charge in [0.15, 0.2) is 0 Å². The molecule has 1 heterocycles. The molecule has 3 heteroatoms. The third-order valence-electron chi connectivity index (χ3n) is 3.43. The minimum absolute atomic E-state index is 0.892. The van der Waals surface area contributed by atoms with Gasteiger partial charge in [0, 0.05) is 25.3 Å². The van der Waals surface area contributed by atoms with Gasteiger partial charge >= 0.3 is 0 Å². The zero-order valence-corrected chi connectivity index (χ0v) is 13.0. The molecule has 1 aromatic rings. The molecule has 19 heavy (non-hydrogen) atoms. The van der Waals surface area contributed by atoms with E-state index in [0.29, 0.717) is 0 Å². The number of hydrogen-bond donors (Lipinski definition) is 1. The van der Waals surface area contributed by atoms with Gasteiger partial charge in [0.2, 0.25) is 0 Å². The molecule has 0 aromatic carbocycles. The van der Waals surface area contributed by atoms with Crippen molar-refractivity contribution < 1.29 is 0 Å². The van der Waals surface area contributed by atoms with E-state index in [1.165, 1.54) is 31.2 Å². The molecule has 0 spiro atoms. The van der Waals surface area contributed by atoms with E-state index < -0.39 is 0 Å². The van der Waals surface area contributed by atoms with Crippen molar-refractivity contribution in [3.8, 4) is 0 Å². The van der Waals surface area contributed by atoms with E-state index in [9.17, 15) is 0 Å². The van der Waals surface area contributed by atoms with Crippen LogP contribution in [0.3, 0.4) is 0 Å². The van der Waals surface area contributed by atoms with Crippen LogP contribution < -0.4 is 10.2 Å². The Kier molecular flexibility index (Phi) is 7.49. The van der Waals surface area contributed by atoms with Crippen LogP contribution in [-0.2, 0) is 6.54 Å². The predicted octanol–water partition coefficient (Wildman–Crippen LogP) is 3.52. The first-order valence-corrected chi connectivity index (χ1v) is 7.59. The van der Waals surface area contributed by atoms with Crippen molar-refractivity contribution in [2.75, 3.05) is 25.0 Å². The number of nitrogens with zero attached hydrogens (tertiary/aromatic N) is 2. The summed E-state index contributed by atoms with van der Waals surface area (Å²) >= 11 is 0. The molecule has 1 aromatic heterocycles. The van der Waals surface area contributed by atoms with E-state index >= 15 is 0 Å². The summed E-state index contributed by atoms with van der Waals surface area (Å²) in [4.78, 5) is 7.22. The molecule has 0 unspecified atom stereocenters. The van der Waals surface area contributed by atoms with Gasteiger partial charge in [-0.2, -0.15) is 0 Å². The number of nitrogens with one attached hydrogen (secondary N) is 1. The highest BCUT2D eigenvalue weighted by atomic mass is 15.2. The number of unbranched alkanes of at least 4 members (excludes halogenated alkanes) is 2. The van der Waals surface area contributed by atoms with Crippen molar-refractivity contribution in [2.24, 2.45) is 0 Å². The summed E-state index contributed by atoms with van der Waals surface area (Å²) in [6.07, 6.45) is 4.95. The third kappa shape index (κ3) is 5.19. The Hall–Kier alpha value is -1.09. The Morgan fingerprint density at radius 2 is 1.74 bits per heavy atom.